The monoisotopic (exact) mass is 398 g/mol. The second-order valence-corrected chi connectivity index (χ2v) is 8.76. The van der Waals surface area contributed by atoms with E-state index < -0.39 is 5.60 Å². The third kappa shape index (κ3) is 11.6. The maximum absolute atomic E-state index is 11.8. The van der Waals surface area contributed by atoms with Crippen LogP contribution in [-0.2, 0) is 9.59 Å². The van der Waals surface area contributed by atoms with Crippen molar-refractivity contribution in [1.29, 1.82) is 0 Å². The Hall–Kier alpha value is -2.00. The topological polar surface area (TPSA) is 54.4 Å². The zero-order valence-electron chi connectivity index (χ0n) is 18.9. The Morgan fingerprint density at radius 1 is 0.897 bits per heavy atom. The van der Waals surface area contributed by atoms with E-state index >= 15 is 0 Å². The van der Waals surface area contributed by atoms with E-state index in [1.54, 1.807) is 6.92 Å². The molecule has 0 fully saturated rings. The van der Waals surface area contributed by atoms with Gasteiger partial charge in [-0.3, -0.25) is 9.59 Å². The van der Waals surface area contributed by atoms with Crippen molar-refractivity contribution < 1.29 is 14.7 Å². The summed E-state index contributed by atoms with van der Waals surface area (Å²) in [5.74, 6) is -0.278. The first-order valence-electron chi connectivity index (χ1n) is 10.7. The van der Waals surface area contributed by atoms with E-state index in [2.05, 4.69) is 45.9 Å². The van der Waals surface area contributed by atoms with Crippen molar-refractivity contribution in [3.8, 4) is 0 Å². The molecule has 1 unspecified atom stereocenters. The molecule has 0 radical (unpaired) electrons. The lowest BCUT2D eigenvalue weighted by molar-refractivity contribution is -0.114. The Kier molecular flexibility index (Phi) is 10.8. The largest absolute Gasteiger partial charge is 0.390 e. The molecule has 0 heterocycles. The van der Waals surface area contributed by atoms with E-state index in [1.807, 2.05) is 0 Å². The van der Waals surface area contributed by atoms with E-state index in [0.29, 0.717) is 24.8 Å². The molecule has 3 nitrogen and oxygen atoms in total. The molecular weight excluding hydrogens is 360 g/mol. The molecule has 1 rings (SSSR count). The number of carbonyl (C=O) groups is 2. The van der Waals surface area contributed by atoms with Gasteiger partial charge in [0.2, 0.25) is 0 Å². The third-order valence-corrected chi connectivity index (χ3v) is 5.26. The number of ketones is 2. The van der Waals surface area contributed by atoms with Crippen LogP contribution in [0.1, 0.15) is 86.0 Å². The van der Waals surface area contributed by atoms with Gasteiger partial charge in [-0.2, -0.15) is 0 Å². The fourth-order valence-corrected chi connectivity index (χ4v) is 3.25. The SMILES string of the molecule is CC(C)=CCCC(C)=CCCC(C)=CCCC(C)(O)CCC1=CC(=O)C=CC1=O. The van der Waals surface area contributed by atoms with Gasteiger partial charge in [0, 0.05) is 5.57 Å². The number of carbonyl (C=O) groups excluding carboxylic acids is 2. The first-order chi connectivity index (χ1) is 13.6. The fourth-order valence-electron chi connectivity index (χ4n) is 3.25. The smallest absolute Gasteiger partial charge is 0.182 e. The summed E-state index contributed by atoms with van der Waals surface area (Å²) in [6, 6.07) is 0. The quantitative estimate of drug-likeness (QED) is 0.308. The van der Waals surface area contributed by atoms with Crippen molar-refractivity contribution in [2.75, 3.05) is 0 Å². The van der Waals surface area contributed by atoms with Crippen LogP contribution in [0.15, 0.2) is 58.7 Å². The molecule has 3 heteroatoms. The molecule has 0 saturated heterocycles. The van der Waals surface area contributed by atoms with Crippen molar-refractivity contribution >= 4 is 11.6 Å². The van der Waals surface area contributed by atoms with Crippen LogP contribution in [0.2, 0.25) is 0 Å². The van der Waals surface area contributed by atoms with Gasteiger partial charge in [0.25, 0.3) is 0 Å². The molecule has 0 aromatic rings. The van der Waals surface area contributed by atoms with Crippen LogP contribution in [0.5, 0.6) is 0 Å². The molecular formula is C26H38O3. The van der Waals surface area contributed by atoms with Crippen molar-refractivity contribution in [2.45, 2.75) is 91.6 Å². The second kappa shape index (κ2) is 12.5. The van der Waals surface area contributed by atoms with Gasteiger partial charge in [-0.25, -0.2) is 0 Å². The summed E-state index contributed by atoms with van der Waals surface area (Å²) >= 11 is 0. The first-order valence-corrected chi connectivity index (χ1v) is 10.7. The van der Waals surface area contributed by atoms with Crippen LogP contribution in [0.4, 0.5) is 0 Å². The normalized spacial score (nSPS) is 17.2. The lowest BCUT2D eigenvalue weighted by Crippen LogP contribution is -2.24. The summed E-state index contributed by atoms with van der Waals surface area (Å²) in [5.41, 5.74) is 3.81. The van der Waals surface area contributed by atoms with Crippen molar-refractivity contribution in [3.63, 3.8) is 0 Å². The Morgan fingerprint density at radius 2 is 1.48 bits per heavy atom. The molecule has 0 aliphatic heterocycles. The predicted octanol–water partition coefficient (Wildman–Crippen LogP) is 6.35. The molecule has 0 spiro atoms. The van der Waals surface area contributed by atoms with Gasteiger partial charge < -0.3 is 5.11 Å². The third-order valence-electron chi connectivity index (χ3n) is 5.26. The van der Waals surface area contributed by atoms with E-state index in [0.717, 1.165) is 32.1 Å². The second-order valence-electron chi connectivity index (χ2n) is 8.76. The van der Waals surface area contributed by atoms with Crippen LogP contribution in [-0.4, -0.2) is 22.3 Å². The van der Waals surface area contributed by atoms with Crippen LogP contribution in [0.25, 0.3) is 0 Å². The highest BCUT2D eigenvalue weighted by Gasteiger charge is 2.22. The van der Waals surface area contributed by atoms with Crippen molar-refractivity contribution in [2.24, 2.45) is 0 Å². The number of allylic oxidation sites excluding steroid dienone is 10. The van der Waals surface area contributed by atoms with Crippen LogP contribution >= 0.6 is 0 Å². The number of hydrogen-bond donors (Lipinski definition) is 1. The van der Waals surface area contributed by atoms with E-state index in [-0.39, 0.29) is 11.6 Å². The predicted molar refractivity (Wildman–Crippen MR) is 122 cm³/mol. The highest BCUT2D eigenvalue weighted by molar-refractivity contribution is 6.17. The fraction of sp³-hybridized carbons (Fsp3) is 0.538. The van der Waals surface area contributed by atoms with Gasteiger partial charge in [0.05, 0.1) is 5.60 Å². The molecule has 0 aromatic heterocycles. The van der Waals surface area contributed by atoms with Gasteiger partial charge in [0.15, 0.2) is 11.6 Å². The summed E-state index contributed by atoms with van der Waals surface area (Å²) < 4.78 is 0. The first kappa shape index (κ1) is 25.0. The lowest BCUT2D eigenvalue weighted by Gasteiger charge is -2.23. The maximum Gasteiger partial charge on any atom is 0.182 e. The molecule has 0 aromatic carbocycles. The van der Waals surface area contributed by atoms with E-state index in [1.165, 1.54) is 34.9 Å². The van der Waals surface area contributed by atoms with Crippen molar-refractivity contribution in [3.05, 3.63) is 58.7 Å². The molecule has 29 heavy (non-hydrogen) atoms. The standard InChI is InChI=1S/C26H38O3/c1-20(2)9-6-10-21(3)11-7-12-22(4)13-8-17-26(5,29)18-16-23-19-24(27)14-15-25(23)28/h9,11,13-15,19,29H,6-8,10,12,16-18H2,1-5H3. The number of rotatable bonds is 12. The molecule has 160 valence electrons. The van der Waals surface area contributed by atoms with Crippen LogP contribution in [0, 0.1) is 0 Å². The van der Waals surface area contributed by atoms with E-state index in [9.17, 15) is 14.7 Å². The summed E-state index contributed by atoms with van der Waals surface area (Å²) in [6.45, 7) is 10.4. The van der Waals surface area contributed by atoms with Crippen LogP contribution < -0.4 is 0 Å². The van der Waals surface area contributed by atoms with Gasteiger partial charge in [0.1, 0.15) is 0 Å². The van der Waals surface area contributed by atoms with Gasteiger partial charge in [-0.1, -0.05) is 34.9 Å². The highest BCUT2D eigenvalue weighted by atomic mass is 16.3. The minimum absolute atomic E-state index is 0.125. The van der Waals surface area contributed by atoms with Crippen molar-refractivity contribution in [1.82, 2.24) is 0 Å². The zero-order chi connectivity index (χ0) is 21.9. The average Bonchev–Trinajstić information content (AvgIpc) is 2.62. The van der Waals surface area contributed by atoms with Gasteiger partial charge >= 0.3 is 0 Å². The maximum atomic E-state index is 11.8. The summed E-state index contributed by atoms with van der Waals surface area (Å²) in [6.07, 6.45) is 17.5. The average molecular weight is 399 g/mol. The Morgan fingerprint density at radius 3 is 2.10 bits per heavy atom. The summed E-state index contributed by atoms with van der Waals surface area (Å²) in [4.78, 5) is 23.2. The van der Waals surface area contributed by atoms with E-state index in [4.69, 9.17) is 0 Å². The molecule has 1 atom stereocenters. The highest BCUT2D eigenvalue weighted by Crippen LogP contribution is 2.24. The molecule has 1 aliphatic rings. The van der Waals surface area contributed by atoms with Crippen LogP contribution in [0.3, 0.4) is 0 Å². The molecule has 1 N–H and O–H groups in total. The number of aliphatic hydroxyl groups is 1. The molecule has 1 aliphatic carbocycles. The molecule has 0 amide bonds. The lowest BCUT2D eigenvalue weighted by atomic mass is 9.89. The summed E-state index contributed by atoms with van der Waals surface area (Å²) in [5, 5.41) is 10.6. The minimum Gasteiger partial charge on any atom is -0.390 e. The number of hydrogen-bond acceptors (Lipinski definition) is 3. The van der Waals surface area contributed by atoms with Gasteiger partial charge in [-0.15, -0.1) is 0 Å². The Bertz CT molecular complexity index is 723. The zero-order valence-corrected chi connectivity index (χ0v) is 18.9. The molecule has 0 saturated carbocycles. The van der Waals surface area contributed by atoms with Gasteiger partial charge in [-0.05, 0) is 104 Å². The Labute approximate surface area is 177 Å². The minimum atomic E-state index is -0.844. The molecule has 0 bridgehead atoms. The Balaban J connectivity index is 2.34. The summed E-state index contributed by atoms with van der Waals surface area (Å²) in [7, 11) is 0.